The van der Waals surface area contributed by atoms with E-state index in [9.17, 15) is 4.79 Å². The van der Waals surface area contributed by atoms with Crippen LogP contribution in [-0.2, 0) is 22.4 Å². The van der Waals surface area contributed by atoms with Gasteiger partial charge in [-0.25, -0.2) is 0 Å². The third-order valence-corrected chi connectivity index (χ3v) is 4.80. The van der Waals surface area contributed by atoms with Crippen molar-refractivity contribution in [2.75, 3.05) is 0 Å². The van der Waals surface area contributed by atoms with Crippen LogP contribution in [0.15, 0.2) is 57.7 Å². The lowest BCUT2D eigenvalue weighted by molar-refractivity contribution is -0.143. The van der Waals surface area contributed by atoms with Crippen molar-refractivity contribution in [3.05, 3.63) is 60.0 Å². The Morgan fingerprint density at radius 3 is 2.44 bits per heavy atom. The summed E-state index contributed by atoms with van der Waals surface area (Å²) in [6.45, 7) is 2.12. The average molecular weight is 342 g/mol. The molecule has 0 N–H and O–H groups in total. The zero-order chi connectivity index (χ0) is 17.5. The molecule has 1 saturated heterocycles. The fourth-order valence-electron chi connectivity index (χ4n) is 3.40. The van der Waals surface area contributed by atoms with E-state index in [2.05, 4.69) is 13.0 Å². The summed E-state index contributed by atoms with van der Waals surface area (Å²) >= 11 is 0. The van der Waals surface area contributed by atoms with Crippen LogP contribution in [-0.4, -0.2) is 12.1 Å². The number of esters is 1. The van der Waals surface area contributed by atoms with Gasteiger partial charge in [0, 0.05) is 6.42 Å². The maximum absolute atomic E-state index is 12.0. The van der Waals surface area contributed by atoms with E-state index in [0.717, 1.165) is 44.9 Å². The van der Waals surface area contributed by atoms with E-state index >= 15 is 0 Å². The van der Waals surface area contributed by atoms with Crippen molar-refractivity contribution in [1.82, 2.24) is 0 Å². The van der Waals surface area contributed by atoms with Crippen LogP contribution in [0.2, 0.25) is 0 Å². The zero-order valence-corrected chi connectivity index (χ0v) is 14.8. The van der Waals surface area contributed by atoms with Crippen LogP contribution in [0, 0.1) is 5.92 Å². The molecule has 1 aliphatic heterocycles. The molecule has 134 valence electrons. The summed E-state index contributed by atoms with van der Waals surface area (Å²) in [7, 11) is 0. The molecule has 1 fully saturated rings. The van der Waals surface area contributed by atoms with Gasteiger partial charge in [-0.3, -0.25) is 4.79 Å². The minimum atomic E-state index is -0.0552. The fraction of sp³-hybridized carbons (Fsp3) is 0.476. The van der Waals surface area contributed by atoms with Crippen LogP contribution in [0.5, 0.6) is 0 Å². The number of allylic oxidation sites excluding steroid dienone is 1. The Labute approximate surface area is 148 Å². The molecule has 2 aromatic rings. The smallest absolute Gasteiger partial charge is 0.309 e. The van der Waals surface area contributed by atoms with E-state index in [4.69, 9.17) is 13.6 Å². The van der Waals surface area contributed by atoms with E-state index in [1.54, 1.807) is 25.1 Å². The summed E-state index contributed by atoms with van der Waals surface area (Å²) < 4.78 is 15.7. The fourth-order valence-corrected chi connectivity index (χ4v) is 3.40. The summed E-state index contributed by atoms with van der Waals surface area (Å²) in [5.74, 6) is -0.00785. The molecule has 0 aliphatic carbocycles. The van der Waals surface area contributed by atoms with Gasteiger partial charge >= 0.3 is 5.97 Å². The van der Waals surface area contributed by atoms with Gasteiger partial charge in [0.05, 0.1) is 31.0 Å². The number of hydrogen-bond acceptors (Lipinski definition) is 4. The van der Waals surface area contributed by atoms with E-state index < -0.39 is 0 Å². The molecule has 4 nitrogen and oxygen atoms in total. The molecular formula is C21H26O4. The van der Waals surface area contributed by atoms with Crippen LogP contribution < -0.4 is 0 Å². The zero-order valence-electron chi connectivity index (χ0n) is 14.8. The van der Waals surface area contributed by atoms with Gasteiger partial charge < -0.3 is 13.6 Å². The number of carbonyl (C=O) groups excluding carboxylic acids is 1. The summed E-state index contributed by atoms with van der Waals surface area (Å²) in [6.07, 6.45) is 15.8. The van der Waals surface area contributed by atoms with E-state index in [1.165, 1.54) is 16.7 Å². The van der Waals surface area contributed by atoms with Gasteiger partial charge in [0.1, 0.15) is 6.10 Å². The second-order valence-corrected chi connectivity index (χ2v) is 6.93. The van der Waals surface area contributed by atoms with Gasteiger partial charge in [0.25, 0.3) is 0 Å². The highest BCUT2D eigenvalue weighted by molar-refractivity contribution is 5.74. The first kappa shape index (κ1) is 17.6. The highest BCUT2D eigenvalue weighted by atomic mass is 16.5. The maximum atomic E-state index is 12.0. The molecule has 0 saturated carbocycles. The number of rotatable bonds is 9. The molecule has 2 atom stereocenters. The molecule has 0 bridgehead atoms. The monoisotopic (exact) mass is 342 g/mol. The summed E-state index contributed by atoms with van der Waals surface area (Å²) in [5.41, 5.74) is 3.72. The predicted octanol–water partition coefficient (Wildman–Crippen LogP) is 5.10. The predicted molar refractivity (Wildman–Crippen MR) is 95.0 cm³/mol. The van der Waals surface area contributed by atoms with Gasteiger partial charge in [-0.05, 0) is 74.8 Å². The number of ether oxygens (including phenoxy) is 1. The molecule has 1 unspecified atom stereocenters. The first-order valence-corrected chi connectivity index (χ1v) is 9.10. The SMILES string of the molecule is C/C(=C\[C@H]1CC(CCCc2ccoc2)C(=O)O1)CCCc1ccoc1. The molecule has 0 radical (unpaired) electrons. The van der Waals surface area contributed by atoms with Gasteiger partial charge in [-0.2, -0.15) is 0 Å². The Bertz CT molecular complexity index is 667. The third-order valence-electron chi connectivity index (χ3n) is 4.80. The molecule has 4 heteroatoms. The quantitative estimate of drug-likeness (QED) is 0.470. The second-order valence-electron chi connectivity index (χ2n) is 6.93. The van der Waals surface area contributed by atoms with Crippen LogP contribution in [0.3, 0.4) is 0 Å². The molecule has 0 aromatic carbocycles. The van der Waals surface area contributed by atoms with Crippen molar-refractivity contribution in [1.29, 1.82) is 0 Å². The van der Waals surface area contributed by atoms with Gasteiger partial charge in [0.2, 0.25) is 0 Å². The van der Waals surface area contributed by atoms with Crippen molar-refractivity contribution in [3.63, 3.8) is 0 Å². The summed E-state index contributed by atoms with van der Waals surface area (Å²) in [5, 5.41) is 0. The summed E-state index contributed by atoms with van der Waals surface area (Å²) in [4.78, 5) is 12.0. The first-order chi connectivity index (χ1) is 12.2. The number of hydrogen-bond donors (Lipinski definition) is 0. The molecule has 0 amide bonds. The minimum Gasteiger partial charge on any atom is -0.472 e. The summed E-state index contributed by atoms with van der Waals surface area (Å²) in [6, 6.07) is 3.98. The van der Waals surface area contributed by atoms with E-state index in [-0.39, 0.29) is 18.0 Å². The number of aryl methyl sites for hydroxylation is 2. The van der Waals surface area contributed by atoms with Crippen LogP contribution in [0.1, 0.15) is 50.2 Å². The Morgan fingerprint density at radius 2 is 1.80 bits per heavy atom. The maximum Gasteiger partial charge on any atom is 0.309 e. The van der Waals surface area contributed by atoms with Crippen LogP contribution in [0.25, 0.3) is 0 Å². The van der Waals surface area contributed by atoms with Crippen molar-refractivity contribution in [2.45, 2.75) is 58.0 Å². The molecular weight excluding hydrogens is 316 g/mol. The highest BCUT2D eigenvalue weighted by Crippen LogP contribution is 2.28. The molecule has 0 spiro atoms. The second kappa shape index (κ2) is 8.75. The van der Waals surface area contributed by atoms with Crippen molar-refractivity contribution < 1.29 is 18.4 Å². The molecule has 25 heavy (non-hydrogen) atoms. The number of cyclic esters (lactones) is 1. The van der Waals surface area contributed by atoms with Gasteiger partial charge in [-0.15, -0.1) is 0 Å². The lowest BCUT2D eigenvalue weighted by Gasteiger charge is -2.06. The Hall–Kier alpha value is -2.23. The van der Waals surface area contributed by atoms with Crippen LogP contribution in [0.4, 0.5) is 0 Å². The number of furan rings is 2. The van der Waals surface area contributed by atoms with Crippen molar-refractivity contribution in [3.8, 4) is 0 Å². The molecule has 1 aliphatic rings. The van der Waals surface area contributed by atoms with Crippen LogP contribution >= 0.6 is 0 Å². The normalized spacial score (nSPS) is 20.8. The molecule has 2 aromatic heterocycles. The van der Waals surface area contributed by atoms with E-state index in [1.807, 2.05) is 12.1 Å². The largest absolute Gasteiger partial charge is 0.472 e. The van der Waals surface area contributed by atoms with Crippen molar-refractivity contribution in [2.24, 2.45) is 5.92 Å². The Kier molecular flexibility index (Phi) is 6.15. The standard InChI is InChI=1S/C21H26O4/c1-16(4-2-5-17-8-10-23-14-17)12-20-13-19(21(22)25-20)7-3-6-18-9-11-24-15-18/h8-12,14-15,19-20H,2-7,13H2,1H3/b16-12+/t19?,20-/m0/s1. The van der Waals surface area contributed by atoms with Gasteiger partial charge in [-0.1, -0.05) is 5.57 Å². The average Bonchev–Trinajstić information content (AvgIpc) is 3.31. The minimum absolute atomic E-state index is 0.0341. The molecule has 3 rings (SSSR count). The lowest BCUT2D eigenvalue weighted by atomic mass is 9.96. The Balaban J connectivity index is 1.38. The molecule has 3 heterocycles. The highest BCUT2D eigenvalue weighted by Gasteiger charge is 2.32. The van der Waals surface area contributed by atoms with Crippen molar-refractivity contribution >= 4 is 5.97 Å². The van der Waals surface area contributed by atoms with E-state index in [0.29, 0.717) is 0 Å². The number of carbonyl (C=O) groups is 1. The topological polar surface area (TPSA) is 52.6 Å². The first-order valence-electron chi connectivity index (χ1n) is 9.10. The Morgan fingerprint density at radius 1 is 1.12 bits per heavy atom. The third kappa shape index (κ3) is 5.38. The lowest BCUT2D eigenvalue weighted by Crippen LogP contribution is -2.07. The van der Waals surface area contributed by atoms with Gasteiger partial charge in [0.15, 0.2) is 0 Å².